The number of fused-ring (bicyclic) bond motifs is 4. The Balaban J connectivity index is 0.669. The molecule has 2 amide bonds. The highest BCUT2D eigenvalue weighted by Gasteiger charge is 2.44. The fraction of sp³-hybridized carbons (Fsp3) is 0.500. The van der Waals surface area contributed by atoms with Gasteiger partial charge in [0.2, 0.25) is 11.8 Å². The van der Waals surface area contributed by atoms with Gasteiger partial charge in [-0.3, -0.25) is 14.6 Å². The summed E-state index contributed by atoms with van der Waals surface area (Å²) in [5.74, 6) is 0.966. The molecular formula is C62H74FN11O6S. The van der Waals surface area contributed by atoms with E-state index in [-0.39, 0.29) is 65.8 Å². The third-order valence-electron chi connectivity index (χ3n) is 17.8. The summed E-state index contributed by atoms with van der Waals surface area (Å²) in [6.07, 6.45) is 7.27. The van der Waals surface area contributed by atoms with E-state index in [2.05, 4.69) is 42.4 Å². The highest BCUT2D eigenvalue weighted by atomic mass is 32.1. The average molecular weight is 1120 g/mol. The van der Waals surface area contributed by atoms with Crippen LogP contribution in [0, 0.1) is 30.5 Å². The number of carbonyl (C=O) groups is 2. The molecule has 6 atom stereocenters. The number of phenols is 1. The summed E-state index contributed by atoms with van der Waals surface area (Å²) >= 11 is 1.59. The second-order valence-electron chi connectivity index (χ2n) is 23.7. The van der Waals surface area contributed by atoms with Crippen LogP contribution in [-0.4, -0.2) is 140 Å². The minimum atomic E-state index is -0.823. The van der Waals surface area contributed by atoms with Gasteiger partial charge >= 0.3 is 6.01 Å². The third kappa shape index (κ3) is 11.3. The number of benzene rings is 3. The zero-order chi connectivity index (χ0) is 56.1. The van der Waals surface area contributed by atoms with Crippen LogP contribution in [0.1, 0.15) is 107 Å². The van der Waals surface area contributed by atoms with Crippen molar-refractivity contribution in [1.82, 2.24) is 45.5 Å². The molecule has 81 heavy (non-hydrogen) atoms. The molecule has 0 aliphatic carbocycles. The van der Waals surface area contributed by atoms with Crippen molar-refractivity contribution < 1.29 is 33.5 Å². The molecule has 426 valence electrons. The van der Waals surface area contributed by atoms with E-state index in [4.69, 9.17) is 24.2 Å². The number of carbonyl (C=O) groups excluding carboxylic acids is 2. The predicted octanol–water partition coefficient (Wildman–Crippen LogP) is 9.20. The van der Waals surface area contributed by atoms with Gasteiger partial charge in [0.25, 0.3) is 0 Å². The number of pyridine rings is 1. The van der Waals surface area contributed by atoms with Gasteiger partial charge in [-0.2, -0.15) is 9.97 Å². The van der Waals surface area contributed by atoms with E-state index in [1.54, 1.807) is 29.7 Å². The first-order chi connectivity index (χ1) is 39.2. The summed E-state index contributed by atoms with van der Waals surface area (Å²) in [7, 11) is 0. The fourth-order valence-corrected chi connectivity index (χ4v) is 14.2. The van der Waals surface area contributed by atoms with Crippen molar-refractivity contribution in [1.29, 1.82) is 0 Å². The van der Waals surface area contributed by atoms with Crippen molar-refractivity contribution in [2.45, 2.75) is 122 Å². The molecule has 3 aromatic carbocycles. The smallest absolute Gasteiger partial charge is 0.319 e. The number of anilines is 2. The van der Waals surface area contributed by atoms with Crippen LogP contribution in [0.3, 0.4) is 0 Å². The summed E-state index contributed by atoms with van der Waals surface area (Å²) in [4.78, 5) is 57.0. The SMILES string of the molecule is CCc1cccc2cc(O)cc(-c3ncc4c(N5CCC6CNC(C6)C5)nc(OC5CCN(CC6CCN(c7cc([C@@H](C(=O)N8C[C@H](O)C[C@H]8C(=O)N[C@@H](C)c8ccc(-c9scnc9C)cc8)C(C)C)on7)CC6)CC5)nc4c3F)c12. The van der Waals surface area contributed by atoms with E-state index in [1.165, 1.54) is 4.90 Å². The van der Waals surface area contributed by atoms with Gasteiger partial charge < -0.3 is 49.7 Å². The first kappa shape index (κ1) is 54.8. The van der Waals surface area contributed by atoms with Crippen molar-refractivity contribution in [2.24, 2.45) is 17.8 Å². The van der Waals surface area contributed by atoms with Crippen molar-refractivity contribution in [3.63, 3.8) is 0 Å². The van der Waals surface area contributed by atoms with Crippen LogP contribution in [0.15, 0.2) is 76.9 Å². The highest BCUT2D eigenvalue weighted by Crippen LogP contribution is 2.40. The first-order valence-corrected chi connectivity index (χ1v) is 30.1. The monoisotopic (exact) mass is 1120 g/mol. The number of aliphatic hydroxyl groups excluding tert-OH is 1. The molecule has 2 unspecified atom stereocenters. The standard InChI is InChI=1S/C62H74FN11O6S/c1-6-40-8-7-9-43-25-45(75)26-48(54(40)43)56-55(63)57-49(30-65-56)59(73-23-16-39-24-44(32-73)64-29-39)69-62(68-57)79-47-17-19-71(20-18-47)31-38-14-21-72(22-15-38)52-28-51(80-70-52)53(35(2)3)61(78)74-33-46(76)27-50(74)60(77)67-36(4)41-10-12-42(13-11-41)58-37(5)66-34-81-58/h7-13,25-26,28,30,34-36,38-39,44,46-47,50,53,64,75-76H,6,14-24,27,29,31-33H2,1-5H3,(H,67,77)/t36-,39?,44?,46+,50-,53-/m0/s1. The van der Waals surface area contributed by atoms with E-state index in [0.717, 1.165) is 135 Å². The number of hydrogen-bond acceptors (Lipinski definition) is 16. The molecule has 5 fully saturated rings. The van der Waals surface area contributed by atoms with E-state index >= 15 is 4.39 Å². The first-order valence-electron chi connectivity index (χ1n) is 29.2. The largest absolute Gasteiger partial charge is 0.508 e. The maximum Gasteiger partial charge on any atom is 0.319 e. The number of aromatic hydroxyl groups is 1. The summed E-state index contributed by atoms with van der Waals surface area (Å²) in [6, 6.07) is 18.6. The molecule has 4 N–H and O–H groups in total. The molecule has 7 aromatic rings. The molecule has 9 heterocycles. The molecule has 0 spiro atoms. The van der Waals surface area contributed by atoms with Gasteiger partial charge in [0.05, 0.1) is 33.6 Å². The number of phenolic OH excluding ortho intramolecular Hbond substituents is 1. The van der Waals surface area contributed by atoms with Crippen LogP contribution >= 0.6 is 11.3 Å². The molecule has 0 saturated carbocycles. The number of likely N-dealkylation sites (tertiary alicyclic amines) is 2. The fourth-order valence-electron chi connectivity index (χ4n) is 13.4. The van der Waals surface area contributed by atoms with Crippen LogP contribution in [-0.2, 0) is 16.0 Å². The third-order valence-corrected chi connectivity index (χ3v) is 18.8. The Kier molecular flexibility index (Phi) is 15.7. The van der Waals surface area contributed by atoms with Crippen molar-refractivity contribution in [3.8, 4) is 33.5 Å². The molecule has 17 nitrogen and oxygen atoms in total. The molecule has 5 aliphatic rings. The molecule has 4 aromatic heterocycles. The lowest BCUT2D eigenvalue weighted by Gasteiger charge is -2.37. The number of thiazole rings is 1. The van der Waals surface area contributed by atoms with E-state index < -0.39 is 23.9 Å². The number of ether oxygens (including phenoxy) is 1. The number of amides is 2. The minimum Gasteiger partial charge on any atom is -0.508 e. The van der Waals surface area contributed by atoms with Crippen LogP contribution in [0.4, 0.5) is 16.0 Å². The van der Waals surface area contributed by atoms with Crippen LogP contribution in [0.2, 0.25) is 0 Å². The van der Waals surface area contributed by atoms with Crippen LogP contribution in [0.25, 0.3) is 43.4 Å². The predicted molar refractivity (Wildman–Crippen MR) is 312 cm³/mol. The van der Waals surface area contributed by atoms with Crippen LogP contribution in [0.5, 0.6) is 11.8 Å². The number of rotatable bonds is 15. The Hall–Kier alpha value is -6.80. The van der Waals surface area contributed by atoms with Gasteiger partial charge in [0.1, 0.15) is 40.8 Å². The quantitative estimate of drug-likeness (QED) is 0.0757. The van der Waals surface area contributed by atoms with E-state index in [1.807, 2.05) is 81.7 Å². The number of aryl methyl sites for hydroxylation is 2. The average Bonchev–Trinajstić information content (AvgIpc) is 4.38. The Morgan fingerprint density at radius 2 is 1.73 bits per heavy atom. The van der Waals surface area contributed by atoms with Gasteiger partial charge in [0.15, 0.2) is 17.4 Å². The molecule has 12 rings (SSSR count). The molecule has 19 heteroatoms. The molecule has 2 bridgehead atoms. The lowest BCUT2D eigenvalue weighted by Crippen LogP contribution is -2.48. The van der Waals surface area contributed by atoms with Crippen molar-refractivity contribution in [3.05, 3.63) is 101 Å². The lowest BCUT2D eigenvalue weighted by molar-refractivity contribution is -0.141. The van der Waals surface area contributed by atoms with Gasteiger partial charge in [0, 0.05) is 82.6 Å². The molecule has 0 radical (unpaired) electrons. The Labute approximate surface area is 476 Å². The van der Waals surface area contributed by atoms with Gasteiger partial charge in [-0.25, -0.2) is 9.37 Å². The maximum atomic E-state index is 17.3. The Morgan fingerprint density at radius 1 is 0.938 bits per heavy atom. The van der Waals surface area contributed by atoms with Gasteiger partial charge in [-0.05, 0) is 123 Å². The number of halogens is 1. The van der Waals surface area contributed by atoms with Crippen molar-refractivity contribution >= 4 is 56.5 Å². The normalized spacial score (nSPS) is 22.0. The van der Waals surface area contributed by atoms with Crippen molar-refractivity contribution in [2.75, 3.05) is 68.7 Å². The lowest BCUT2D eigenvalue weighted by atomic mass is 9.91. The summed E-state index contributed by atoms with van der Waals surface area (Å²) in [5, 5.41) is 35.2. The zero-order valence-corrected chi connectivity index (χ0v) is 47.8. The molecule has 5 aliphatic heterocycles. The second kappa shape index (κ2) is 23.2. The van der Waals surface area contributed by atoms with Gasteiger partial charge in [-0.15, -0.1) is 11.3 Å². The highest BCUT2D eigenvalue weighted by molar-refractivity contribution is 7.13. The minimum absolute atomic E-state index is 0.0444. The molecule has 5 saturated heterocycles. The van der Waals surface area contributed by atoms with Crippen LogP contribution < -0.4 is 25.2 Å². The number of aliphatic hydroxyl groups is 1. The zero-order valence-electron chi connectivity index (χ0n) is 47.0. The summed E-state index contributed by atoms with van der Waals surface area (Å²) in [6.45, 7) is 16.8. The van der Waals surface area contributed by atoms with E-state index in [9.17, 15) is 19.8 Å². The Morgan fingerprint density at radius 3 is 2.48 bits per heavy atom. The number of β-amino-alcohol motifs (C(OH)–C–C–N with tert-alkyl or cyclic N) is 1. The second-order valence-corrected chi connectivity index (χ2v) is 24.5. The number of piperidine rings is 2. The number of nitrogens with zero attached hydrogens (tertiary/aromatic N) is 9. The Bertz CT molecular complexity index is 3410. The summed E-state index contributed by atoms with van der Waals surface area (Å²) in [5.41, 5.74) is 6.69. The maximum absolute atomic E-state index is 17.3. The summed E-state index contributed by atoms with van der Waals surface area (Å²) < 4.78 is 29.9. The topological polar surface area (TPSA) is 198 Å². The number of nitrogens with one attached hydrogen (secondary N) is 2. The molecular weight excluding hydrogens is 1050 g/mol. The number of aromatic nitrogens is 5. The number of hydrogen-bond donors (Lipinski definition) is 4. The van der Waals surface area contributed by atoms with E-state index in [0.29, 0.717) is 46.2 Å². The van der Waals surface area contributed by atoms with Gasteiger partial charge in [-0.1, -0.05) is 68.4 Å².